The van der Waals surface area contributed by atoms with Crippen molar-refractivity contribution in [1.82, 2.24) is 19.9 Å². The third kappa shape index (κ3) is 3.13. The summed E-state index contributed by atoms with van der Waals surface area (Å²) in [6.07, 6.45) is 3.12. The van der Waals surface area contributed by atoms with Crippen LogP contribution < -0.4 is 0 Å². The Morgan fingerprint density at radius 3 is 3.04 bits per heavy atom. The summed E-state index contributed by atoms with van der Waals surface area (Å²) < 4.78 is 33.9. The molecule has 0 saturated carbocycles. The smallest absolute Gasteiger partial charge is 0.222 e. The zero-order valence-electron chi connectivity index (χ0n) is 13.6. The van der Waals surface area contributed by atoms with Gasteiger partial charge in [-0.3, -0.25) is 4.79 Å². The van der Waals surface area contributed by atoms with Gasteiger partial charge in [0.25, 0.3) is 0 Å². The Kier molecular flexibility index (Phi) is 4.20. The number of hydrogen-bond acceptors (Lipinski definition) is 4. The number of aryl methyl sites for hydroxylation is 1. The molecule has 0 spiro atoms. The van der Waals surface area contributed by atoms with Gasteiger partial charge in [0.2, 0.25) is 5.91 Å². The van der Waals surface area contributed by atoms with Crippen molar-refractivity contribution in [3.63, 3.8) is 0 Å². The number of halogens is 2. The number of fused-ring (bicyclic) bond motifs is 3. The molecule has 25 heavy (non-hydrogen) atoms. The third-order valence-corrected chi connectivity index (χ3v) is 4.89. The zero-order valence-corrected chi connectivity index (χ0v) is 13.6. The summed E-state index contributed by atoms with van der Waals surface area (Å²) in [7, 11) is 0. The van der Waals surface area contributed by atoms with E-state index in [2.05, 4.69) is 10.3 Å². The van der Waals surface area contributed by atoms with Crippen LogP contribution in [0.5, 0.6) is 0 Å². The highest BCUT2D eigenvalue weighted by atomic mass is 19.2. The van der Waals surface area contributed by atoms with Crippen LogP contribution in [0.15, 0.2) is 24.4 Å². The van der Waals surface area contributed by atoms with Crippen molar-refractivity contribution in [1.29, 1.82) is 0 Å². The Bertz CT molecular complexity index is 795. The highest BCUT2D eigenvalue weighted by molar-refractivity contribution is 5.76. The summed E-state index contributed by atoms with van der Waals surface area (Å²) in [6.45, 7) is 1.65. The largest absolute Gasteiger partial charge is 0.370 e. The van der Waals surface area contributed by atoms with Gasteiger partial charge in [-0.05, 0) is 30.5 Å². The second-order valence-electron chi connectivity index (χ2n) is 6.46. The SMILES string of the molecule is O=C(CCc1ccc(F)c(F)c1)N1CC[C@H]2OCc3cnnn3[C@@H]2C1. The van der Waals surface area contributed by atoms with Crippen molar-refractivity contribution < 1.29 is 18.3 Å². The van der Waals surface area contributed by atoms with Gasteiger partial charge in [-0.25, -0.2) is 13.5 Å². The van der Waals surface area contributed by atoms with Crippen LogP contribution in [-0.2, 0) is 22.6 Å². The Morgan fingerprint density at radius 2 is 2.20 bits per heavy atom. The number of rotatable bonds is 3. The van der Waals surface area contributed by atoms with Gasteiger partial charge in [0.1, 0.15) is 0 Å². The van der Waals surface area contributed by atoms with E-state index in [9.17, 15) is 13.6 Å². The molecule has 2 aliphatic heterocycles. The van der Waals surface area contributed by atoms with Crippen molar-refractivity contribution in [2.45, 2.75) is 38.0 Å². The lowest BCUT2D eigenvalue weighted by molar-refractivity contribution is -0.138. The average Bonchev–Trinajstić information content (AvgIpc) is 3.11. The fourth-order valence-corrected chi connectivity index (χ4v) is 3.51. The van der Waals surface area contributed by atoms with E-state index in [1.54, 1.807) is 11.1 Å². The maximum absolute atomic E-state index is 13.3. The van der Waals surface area contributed by atoms with Crippen molar-refractivity contribution in [2.75, 3.05) is 13.1 Å². The quantitative estimate of drug-likeness (QED) is 0.850. The van der Waals surface area contributed by atoms with E-state index >= 15 is 0 Å². The number of benzene rings is 1. The van der Waals surface area contributed by atoms with Crippen LogP contribution in [0.1, 0.15) is 30.1 Å². The Balaban J connectivity index is 1.39. The summed E-state index contributed by atoms with van der Waals surface area (Å²) in [5.41, 5.74) is 1.53. The summed E-state index contributed by atoms with van der Waals surface area (Å²) >= 11 is 0. The molecule has 0 unspecified atom stereocenters. The summed E-state index contributed by atoms with van der Waals surface area (Å²) in [5, 5.41) is 8.04. The van der Waals surface area contributed by atoms with Gasteiger partial charge in [-0.1, -0.05) is 11.3 Å². The molecule has 1 aromatic heterocycles. The molecule has 4 rings (SSSR count). The molecule has 132 valence electrons. The average molecular weight is 348 g/mol. The van der Waals surface area contributed by atoms with Gasteiger partial charge in [0, 0.05) is 19.5 Å². The van der Waals surface area contributed by atoms with E-state index < -0.39 is 11.6 Å². The van der Waals surface area contributed by atoms with E-state index in [1.165, 1.54) is 6.07 Å². The molecule has 0 radical (unpaired) electrons. The Morgan fingerprint density at radius 1 is 1.32 bits per heavy atom. The molecule has 0 bridgehead atoms. The molecular formula is C17H18F2N4O2. The minimum Gasteiger partial charge on any atom is -0.370 e. The Hall–Kier alpha value is -2.35. The van der Waals surface area contributed by atoms with Gasteiger partial charge < -0.3 is 9.64 Å². The molecule has 1 amide bonds. The predicted molar refractivity (Wildman–Crippen MR) is 83.5 cm³/mol. The van der Waals surface area contributed by atoms with Crippen molar-refractivity contribution >= 4 is 5.91 Å². The first kappa shape index (κ1) is 16.1. The van der Waals surface area contributed by atoms with Crippen molar-refractivity contribution in [3.8, 4) is 0 Å². The van der Waals surface area contributed by atoms with Crippen LogP contribution >= 0.6 is 0 Å². The first-order valence-corrected chi connectivity index (χ1v) is 8.34. The van der Waals surface area contributed by atoms with Crippen LogP contribution in [0.3, 0.4) is 0 Å². The van der Waals surface area contributed by atoms with Crippen LogP contribution in [-0.4, -0.2) is 45.0 Å². The maximum atomic E-state index is 13.3. The molecule has 1 saturated heterocycles. The molecule has 2 aromatic rings. The van der Waals surface area contributed by atoms with E-state index in [-0.39, 0.29) is 24.5 Å². The second-order valence-corrected chi connectivity index (χ2v) is 6.46. The molecular weight excluding hydrogens is 330 g/mol. The normalized spacial score (nSPS) is 22.4. The lowest BCUT2D eigenvalue weighted by Gasteiger charge is -2.41. The number of nitrogens with zero attached hydrogens (tertiary/aromatic N) is 4. The van der Waals surface area contributed by atoms with Crippen molar-refractivity contribution in [2.24, 2.45) is 0 Å². The first-order valence-electron chi connectivity index (χ1n) is 8.34. The number of likely N-dealkylation sites (tertiary alicyclic amines) is 1. The zero-order chi connectivity index (χ0) is 17.4. The van der Waals surface area contributed by atoms with Crippen LogP contribution in [0.25, 0.3) is 0 Å². The van der Waals surface area contributed by atoms with Gasteiger partial charge in [0.15, 0.2) is 11.6 Å². The highest BCUT2D eigenvalue weighted by Gasteiger charge is 2.37. The van der Waals surface area contributed by atoms with E-state index in [1.807, 2.05) is 4.68 Å². The Labute approximate surface area is 143 Å². The number of carbonyl (C=O) groups is 1. The summed E-state index contributed by atoms with van der Waals surface area (Å²) in [5.74, 6) is -1.77. The second kappa shape index (κ2) is 6.51. The van der Waals surface area contributed by atoms with Crippen molar-refractivity contribution in [3.05, 3.63) is 47.3 Å². The van der Waals surface area contributed by atoms with E-state index in [0.29, 0.717) is 31.7 Å². The molecule has 1 aromatic carbocycles. The minimum atomic E-state index is -0.885. The van der Waals surface area contributed by atoms with Crippen LogP contribution in [0, 0.1) is 11.6 Å². The number of hydrogen-bond donors (Lipinski definition) is 0. The third-order valence-electron chi connectivity index (χ3n) is 4.89. The summed E-state index contributed by atoms with van der Waals surface area (Å²) in [4.78, 5) is 14.3. The number of aromatic nitrogens is 3. The molecule has 2 atom stereocenters. The predicted octanol–water partition coefficient (Wildman–Crippen LogP) is 1.86. The maximum Gasteiger partial charge on any atom is 0.222 e. The standard InChI is InChI=1S/C17H18F2N4O2/c18-13-3-1-11(7-14(13)19)2-4-17(24)22-6-5-16-15(9-22)23-12(10-25-16)8-20-21-23/h1,3,7-8,15-16H,2,4-6,9-10H2/t15-,16-/m1/s1. The van der Waals surface area contributed by atoms with E-state index in [4.69, 9.17) is 4.74 Å². The lowest BCUT2D eigenvalue weighted by atomic mass is 9.99. The van der Waals surface area contributed by atoms with Gasteiger partial charge >= 0.3 is 0 Å². The number of carbonyl (C=O) groups excluding carboxylic acids is 1. The molecule has 0 N–H and O–H groups in total. The number of ether oxygens (including phenoxy) is 1. The highest BCUT2D eigenvalue weighted by Crippen LogP contribution is 2.30. The number of piperidine rings is 1. The van der Waals surface area contributed by atoms with Gasteiger partial charge in [0.05, 0.1) is 30.6 Å². The lowest BCUT2D eigenvalue weighted by Crippen LogP contribution is -2.49. The molecule has 2 aliphatic rings. The molecule has 6 nitrogen and oxygen atoms in total. The molecule has 0 aliphatic carbocycles. The molecule has 1 fully saturated rings. The topological polar surface area (TPSA) is 60.3 Å². The fourth-order valence-electron chi connectivity index (χ4n) is 3.51. The first-order chi connectivity index (χ1) is 12.1. The number of amides is 1. The fraction of sp³-hybridized carbons (Fsp3) is 0.471. The van der Waals surface area contributed by atoms with Crippen LogP contribution in [0.2, 0.25) is 0 Å². The van der Waals surface area contributed by atoms with Crippen LogP contribution in [0.4, 0.5) is 8.78 Å². The molecule has 3 heterocycles. The van der Waals surface area contributed by atoms with E-state index in [0.717, 1.165) is 24.2 Å². The minimum absolute atomic E-state index is 0.00424. The molecule has 8 heteroatoms. The monoisotopic (exact) mass is 348 g/mol. The van der Waals surface area contributed by atoms with Gasteiger partial charge in [-0.2, -0.15) is 0 Å². The summed E-state index contributed by atoms with van der Waals surface area (Å²) in [6, 6.07) is 3.72. The van der Waals surface area contributed by atoms with Gasteiger partial charge in [-0.15, -0.1) is 5.10 Å².